The minimum Gasteiger partial charge on any atom is -0.487 e. The van der Waals surface area contributed by atoms with Gasteiger partial charge in [0.15, 0.2) is 0 Å². The molecule has 0 amide bonds. The molecule has 2 aromatic carbocycles. The number of likely N-dealkylation sites (tertiary alicyclic amines) is 1. The number of ether oxygens (including phenoxy) is 1. The second kappa shape index (κ2) is 6.97. The summed E-state index contributed by atoms with van der Waals surface area (Å²) in [4.78, 5) is 0. The van der Waals surface area contributed by atoms with E-state index in [0.717, 1.165) is 29.9 Å². The van der Waals surface area contributed by atoms with Gasteiger partial charge in [0.05, 0.1) is 19.6 Å². The molecular weight excluding hydrogens is 270 g/mol. The fourth-order valence-electron chi connectivity index (χ4n) is 3.63. The summed E-state index contributed by atoms with van der Waals surface area (Å²) in [5, 5.41) is 2.45. The van der Waals surface area contributed by atoms with Crippen LogP contribution in [0.5, 0.6) is 5.75 Å². The number of fused-ring (bicyclic) bond motifs is 1. The van der Waals surface area contributed by atoms with Crippen LogP contribution in [0.15, 0.2) is 55.1 Å². The van der Waals surface area contributed by atoms with Crippen molar-refractivity contribution in [3.63, 3.8) is 0 Å². The Kier molecular flexibility index (Phi) is 4.79. The summed E-state index contributed by atoms with van der Waals surface area (Å²) in [6.07, 6.45) is 6.12. The summed E-state index contributed by atoms with van der Waals surface area (Å²) in [5.74, 6) is 1.01. The van der Waals surface area contributed by atoms with Gasteiger partial charge in [0.1, 0.15) is 18.9 Å². The molecule has 0 aromatic heterocycles. The number of hydrogen-bond donors (Lipinski definition) is 0. The molecule has 1 heterocycles. The summed E-state index contributed by atoms with van der Waals surface area (Å²) in [5.41, 5.74) is 0. The first-order chi connectivity index (χ1) is 10.8. The minimum atomic E-state index is 0.780. The SMILES string of the molecule is C=CC[N+]1(CCOc2cccc3ccccc23)CCCCC1. The molecule has 0 unspecified atom stereocenters. The molecule has 2 aromatic rings. The van der Waals surface area contributed by atoms with E-state index in [1.165, 1.54) is 43.1 Å². The lowest BCUT2D eigenvalue weighted by Crippen LogP contribution is -2.53. The van der Waals surface area contributed by atoms with Gasteiger partial charge in [-0.05, 0) is 36.8 Å². The highest BCUT2D eigenvalue weighted by atomic mass is 16.5. The fraction of sp³-hybridized carbons (Fsp3) is 0.400. The second-order valence-corrected chi connectivity index (χ2v) is 6.37. The Labute approximate surface area is 133 Å². The number of hydrogen-bond acceptors (Lipinski definition) is 1. The third-order valence-electron chi connectivity index (χ3n) is 4.85. The van der Waals surface area contributed by atoms with Gasteiger partial charge in [-0.15, -0.1) is 0 Å². The van der Waals surface area contributed by atoms with E-state index in [9.17, 15) is 0 Å². The lowest BCUT2D eigenvalue weighted by Gasteiger charge is -2.40. The maximum absolute atomic E-state index is 6.14. The predicted octanol–water partition coefficient (Wildman–Crippen LogP) is 4.41. The summed E-state index contributed by atoms with van der Waals surface area (Å²) >= 11 is 0. The van der Waals surface area contributed by atoms with Crippen LogP contribution >= 0.6 is 0 Å². The first-order valence-corrected chi connectivity index (χ1v) is 8.40. The molecule has 0 radical (unpaired) electrons. The third-order valence-corrected chi connectivity index (χ3v) is 4.85. The number of nitrogens with zero attached hydrogens (tertiary/aromatic N) is 1. The highest BCUT2D eigenvalue weighted by Gasteiger charge is 2.28. The van der Waals surface area contributed by atoms with Gasteiger partial charge in [0.2, 0.25) is 0 Å². The van der Waals surface area contributed by atoms with Crippen molar-refractivity contribution in [3.8, 4) is 5.75 Å². The van der Waals surface area contributed by atoms with Crippen molar-refractivity contribution in [3.05, 3.63) is 55.1 Å². The van der Waals surface area contributed by atoms with Crippen molar-refractivity contribution >= 4 is 10.8 Å². The van der Waals surface area contributed by atoms with Gasteiger partial charge in [-0.25, -0.2) is 0 Å². The highest BCUT2D eigenvalue weighted by Crippen LogP contribution is 2.25. The summed E-state index contributed by atoms with van der Waals surface area (Å²) in [7, 11) is 0. The molecule has 2 nitrogen and oxygen atoms in total. The molecule has 1 aliphatic rings. The van der Waals surface area contributed by atoms with Crippen molar-refractivity contribution in [2.24, 2.45) is 0 Å². The van der Waals surface area contributed by atoms with E-state index in [1.54, 1.807) is 0 Å². The van der Waals surface area contributed by atoms with Gasteiger partial charge in [-0.3, -0.25) is 0 Å². The van der Waals surface area contributed by atoms with Gasteiger partial charge < -0.3 is 9.22 Å². The quantitative estimate of drug-likeness (QED) is 0.567. The Bertz CT molecular complexity index is 623. The Morgan fingerprint density at radius 2 is 1.77 bits per heavy atom. The number of rotatable bonds is 6. The van der Waals surface area contributed by atoms with Crippen LogP contribution in [-0.2, 0) is 0 Å². The topological polar surface area (TPSA) is 9.23 Å². The van der Waals surface area contributed by atoms with Gasteiger partial charge in [-0.2, -0.15) is 0 Å². The van der Waals surface area contributed by atoms with E-state index in [1.807, 2.05) is 0 Å². The monoisotopic (exact) mass is 296 g/mol. The van der Waals surface area contributed by atoms with Crippen molar-refractivity contribution < 1.29 is 9.22 Å². The molecular formula is C20H26NO+. The van der Waals surface area contributed by atoms with Crippen molar-refractivity contribution in [1.82, 2.24) is 0 Å². The van der Waals surface area contributed by atoms with Crippen molar-refractivity contribution in [1.29, 1.82) is 0 Å². The zero-order valence-electron chi connectivity index (χ0n) is 13.3. The maximum Gasteiger partial charge on any atom is 0.137 e. The molecule has 2 heteroatoms. The summed E-state index contributed by atoms with van der Waals surface area (Å²) in [6, 6.07) is 14.7. The molecule has 116 valence electrons. The molecule has 3 rings (SSSR count). The molecule has 0 atom stereocenters. The van der Waals surface area contributed by atoms with Crippen LogP contribution in [0.25, 0.3) is 10.8 Å². The molecule has 1 fully saturated rings. The average Bonchev–Trinajstić information content (AvgIpc) is 2.56. The van der Waals surface area contributed by atoms with Crippen LogP contribution in [-0.4, -0.2) is 37.3 Å². The second-order valence-electron chi connectivity index (χ2n) is 6.37. The first kappa shape index (κ1) is 15.1. The van der Waals surface area contributed by atoms with E-state index >= 15 is 0 Å². The van der Waals surface area contributed by atoms with Crippen molar-refractivity contribution in [2.45, 2.75) is 19.3 Å². The van der Waals surface area contributed by atoms with Gasteiger partial charge in [0, 0.05) is 5.39 Å². The molecule has 0 aliphatic carbocycles. The standard InChI is InChI=1S/C20H26NO/c1-2-13-21(14-6-3-7-15-21)16-17-22-20-12-8-10-18-9-4-5-11-19(18)20/h2,4-5,8-12H,1,3,6-7,13-17H2/q+1. The molecule has 0 spiro atoms. The Hall–Kier alpha value is -1.80. The predicted molar refractivity (Wildman–Crippen MR) is 93.2 cm³/mol. The fourth-order valence-corrected chi connectivity index (χ4v) is 3.63. The van der Waals surface area contributed by atoms with E-state index in [2.05, 4.69) is 55.1 Å². The van der Waals surface area contributed by atoms with Gasteiger partial charge >= 0.3 is 0 Å². The Morgan fingerprint density at radius 3 is 2.59 bits per heavy atom. The van der Waals surface area contributed by atoms with Crippen LogP contribution in [0, 0.1) is 0 Å². The molecule has 0 saturated carbocycles. The van der Waals surface area contributed by atoms with Crippen LogP contribution < -0.4 is 4.74 Å². The zero-order chi connectivity index (χ0) is 15.3. The van der Waals surface area contributed by atoms with Crippen LogP contribution in [0.4, 0.5) is 0 Å². The molecule has 0 N–H and O–H groups in total. The van der Waals surface area contributed by atoms with E-state index in [0.29, 0.717) is 0 Å². The lowest BCUT2D eigenvalue weighted by molar-refractivity contribution is -0.927. The van der Waals surface area contributed by atoms with Gasteiger partial charge in [-0.1, -0.05) is 43.0 Å². The molecule has 1 aliphatic heterocycles. The minimum absolute atomic E-state index is 0.780. The Balaban J connectivity index is 1.67. The van der Waals surface area contributed by atoms with Crippen LogP contribution in [0.2, 0.25) is 0 Å². The average molecular weight is 296 g/mol. The maximum atomic E-state index is 6.14. The van der Waals surface area contributed by atoms with E-state index in [4.69, 9.17) is 4.74 Å². The van der Waals surface area contributed by atoms with Crippen molar-refractivity contribution in [2.75, 3.05) is 32.8 Å². The third kappa shape index (κ3) is 3.33. The van der Waals surface area contributed by atoms with E-state index in [-0.39, 0.29) is 0 Å². The largest absolute Gasteiger partial charge is 0.487 e. The zero-order valence-corrected chi connectivity index (χ0v) is 13.3. The first-order valence-electron chi connectivity index (χ1n) is 8.40. The molecule has 22 heavy (non-hydrogen) atoms. The van der Waals surface area contributed by atoms with Crippen LogP contribution in [0.3, 0.4) is 0 Å². The lowest BCUT2D eigenvalue weighted by atomic mass is 10.1. The molecule has 1 saturated heterocycles. The molecule has 0 bridgehead atoms. The van der Waals surface area contributed by atoms with E-state index < -0.39 is 0 Å². The summed E-state index contributed by atoms with van der Waals surface area (Å²) < 4.78 is 7.29. The number of benzene rings is 2. The normalized spacial score (nSPS) is 17.3. The number of piperidine rings is 1. The number of quaternary nitrogens is 1. The summed E-state index contributed by atoms with van der Waals surface area (Å²) in [6.45, 7) is 9.41. The van der Waals surface area contributed by atoms with Crippen LogP contribution in [0.1, 0.15) is 19.3 Å². The Morgan fingerprint density at radius 1 is 1.00 bits per heavy atom. The smallest absolute Gasteiger partial charge is 0.137 e. The highest BCUT2D eigenvalue weighted by molar-refractivity contribution is 5.88. The van der Waals surface area contributed by atoms with Gasteiger partial charge in [0.25, 0.3) is 0 Å².